The number of hydrogen-bond donors (Lipinski definition) is 0. The van der Waals surface area contributed by atoms with Crippen molar-refractivity contribution in [3.05, 3.63) is 152 Å². The average molecular weight is 524 g/mol. The molecule has 6 aromatic carbocycles. The largest absolute Gasteiger partial charge is 0.293 e. The number of rotatable bonds is 4. The number of para-hydroxylation sites is 3. The predicted molar refractivity (Wildman–Crippen MR) is 170 cm³/mol. The summed E-state index contributed by atoms with van der Waals surface area (Å²) in [5.74, 6) is 0. The number of benzene rings is 6. The molecule has 0 amide bonds. The van der Waals surface area contributed by atoms with Crippen molar-refractivity contribution in [3.8, 4) is 39.1 Å². The van der Waals surface area contributed by atoms with Gasteiger partial charge in [-0.2, -0.15) is 0 Å². The number of hydrogen-bond acceptors (Lipinski definition) is 2. The number of nitrogens with zero attached hydrogens (tertiary/aromatic N) is 3. The molecule has 41 heavy (non-hydrogen) atoms. The second-order valence-corrected chi connectivity index (χ2v) is 10.3. The van der Waals surface area contributed by atoms with Crippen molar-refractivity contribution in [2.24, 2.45) is 0 Å². The van der Waals surface area contributed by atoms with E-state index in [1.165, 1.54) is 27.8 Å². The van der Waals surface area contributed by atoms with Gasteiger partial charge in [-0.3, -0.25) is 4.57 Å². The fraction of sp³-hybridized carbons (Fsp3) is 0. The first-order valence-corrected chi connectivity index (χ1v) is 13.9. The van der Waals surface area contributed by atoms with Crippen molar-refractivity contribution in [1.29, 1.82) is 0 Å². The standard InChI is InChI=1S/C38H25N3/c1-3-11-27(12-4-1)31-15-7-8-16-32(31)28-21-19-26(20-22-28)29-23-24-36-33(25-29)37-38(41(36)30-13-5-2-6-14-30)40-35-18-10-9-17-34(35)39-37/h1-25H. The normalized spacial score (nSPS) is 11.4. The molecule has 0 atom stereocenters. The third-order valence-corrected chi connectivity index (χ3v) is 7.81. The van der Waals surface area contributed by atoms with E-state index in [2.05, 4.69) is 126 Å². The molecule has 3 nitrogen and oxygen atoms in total. The molecule has 0 N–H and O–H groups in total. The molecular weight excluding hydrogens is 498 g/mol. The van der Waals surface area contributed by atoms with E-state index in [-0.39, 0.29) is 0 Å². The average Bonchev–Trinajstić information content (AvgIpc) is 3.37. The summed E-state index contributed by atoms with van der Waals surface area (Å²) in [6.07, 6.45) is 0. The molecule has 8 rings (SSSR count). The lowest BCUT2D eigenvalue weighted by Crippen LogP contribution is -1.96. The summed E-state index contributed by atoms with van der Waals surface area (Å²) in [5, 5.41) is 1.10. The quantitative estimate of drug-likeness (QED) is 0.230. The van der Waals surface area contributed by atoms with Crippen molar-refractivity contribution >= 4 is 33.1 Å². The highest BCUT2D eigenvalue weighted by Crippen LogP contribution is 2.36. The molecule has 8 aromatic rings. The highest BCUT2D eigenvalue weighted by Gasteiger charge is 2.17. The number of aromatic nitrogens is 3. The van der Waals surface area contributed by atoms with E-state index >= 15 is 0 Å². The zero-order valence-corrected chi connectivity index (χ0v) is 22.3. The van der Waals surface area contributed by atoms with Crippen molar-refractivity contribution in [1.82, 2.24) is 14.5 Å². The highest BCUT2D eigenvalue weighted by molar-refractivity contribution is 6.09. The van der Waals surface area contributed by atoms with Gasteiger partial charge in [-0.1, -0.05) is 115 Å². The Hall–Kier alpha value is -5.54. The van der Waals surface area contributed by atoms with Gasteiger partial charge < -0.3 is 0 Å². The molecule has 0 aliphatic rings. The molecule has 0 saturated heterocycles. The van der Waals surface area contributed by atoms with Crippen LogP contribution in [-0.4, -0.2) is 14.5 Å². The molecule has 0 aliphatic heterocycles. The molecule has 0 unspecified atom stereocenters. The fourth-order valence-corrected chi connectivity index (χ4v) is 5.83. The van der Waals surface area contributed by atoms with Crippen LogP contribution in [0.5, 0.6) is 0 Å². The third-order valence-electron chi connectivity index (χ3n) is 7.81. The molecule has 0 saturated carbocycles. The maximum atomic E-state index is 5.10. The van der Waals surface area contributed by atoms with Gasteiger partial charge in [0, 0.05) is 11.1 Å². The van der Waals surface area contributed by atoms with Crippen LogP contribution in [0.15, 0.2) is 152 Å². The van der Waals surface area contributed by atoms with E-state index in [0.717, 1.165) is 44.4 Å². The van der Waals surface area contributed by atoms with Gasteiger partial charge in [-0.05, 0) is 69.8 Å². The Morgan fingerprint density at radius 2 is 0.951 bits per heavy atom. The SMILES string of the molecule is c1ccc(-c2ccccc2-c2ccc(-c3ccc4c(c3)c3nc5ccccc5nc3n4-c3ccccc3)cc2)cc1. The lowest BCUT2D eigenvalue weighted by Gasteiger charge is -2.11. The minimum Gasteiger partial charge on any atom is -0.293 e. The molecule has 2 heterocycles. The van der Waals surface area contributed by atoms with Gasteiger partial charge >= 0.3 is 0 Å². The summed E-state index contributed by atoms with van der Waals surface area (Å²) in [4.78, 5) is 10.2. The molecule has 0 radical (unpaired) electrons. The lowest BCUT2D eigenvalue weighted by molar-refractivity contribution is 1.14. The van der Waals surface area contributed by atoms with Gasteiger partial charge in [-0.15, -0.1) is 0 Å². The zero-order valence-electron chi connectivity index (χ0n) is 22.3. The van der Waals surface area contributed by atoms with Crippen LogP contribution in [0.4, 0.5) is 0 Å². The topological polar surface area (TPSA) is 30.7 Å². The van der Waals surface area contributed by atoms with Crippen LogP contribution < -0.4 is 0 Å². The van der Waals surface area contributed by atoms with Crippen LogP contribution in [0, 0.1) is 0 Å². The van der Waals surface area contributed by atoms with Crippen molar-refractivity contribution in [3.63, 3.8) is 0 Å². The molecule has 192 valence electrons. The van der Waals surface area contributed by atoms with Crippen molar-refractivity contribution in [2.75, 3.05) is 0 Å². The van der Waals surface area contributed by atoms with Crippen LogP contribution in [0.3, 0.4) is 0 Å². The second kappa shape index (κ2) is 9.58. The summed E-state index contributed by atoms with van der Waals surface area (Å²) in [6.45, 7) is 0. The van der Waals surface area contributed by atoms with E-state index in [1.807, 2.05) is 30.3 Å². The van der Waals surface area contributed by atoms with Gasteiger partial charge in [0.25, 0.3) is 0 Å². The number of fused-ring (bicyclic) bond motifs is 4. The molecule has 0 spiro atoms. The Morgan fingerprint density at radius 1 is 0.415 bits per heavy atom. The summed E-state index contributed by atoms with van der Waals surface area (Å²) in [5.41, 5.74) is 13.0. The summed E-state index contributed by atoms with van der Waals surface area (Å²) >= 11 is 0. The molecule has 0 aliphatic carbocycles. The molecule has 3 heteroatoms. The van der Waals surface area contributed by atoms with E-state index < -0.39 is 0 Å². The van der Waals surface area contributed by atoms with Gasteiger partial charge in [0.15, 0.2) is 5.65 Å². The predicted octanol–water partition coefficient (Wildman–Crippen LogP) is 9.73. The third kappa shape index (κ3) is 3.98. The Labute approximate surface area is 238 Å². The smallest absolute Gasteiger partial charge is 0.165 e. The Bertz CT molecular complexity index is 2180. The van der Waals surface area contributed by atoms with Gasteiger partial charge in [-0.25, -0.2) is 9.97 Å². The van der Waals surface area contributed by atoms with E-state index in [4.69, 9.17) is 9.97 Å². The van der Waals surface area contributed by atoms with Gasteiger partial charge in [0.1, 0.15) is 5.52 Å². The van der Waals surface area contributed by atoms with Crippen LogP contribution in [-0.2, 0) is 0 Å². The fourth-order valence-electron chi connectivity index (χ4n) is 5.83. The van der Waals surface area contributed by atoms with E-state index in [0.29, 0.717) is 0 Å². The van der Waals surface area contributed by atoms with Crippen molar-refractivity contribution in [2.45, 2.75) is 0 Å². The maximum absolute atomic E-state index is 5.10. The van der Waals surface area contributed by atoms with Gasteiger partial charge in [0.2, 0.25) is 0 Å². The summed E-state index contributed by atoms with van der Waals surface area (Å²) in [7, 11) is 0. The molecular formula is C38H25N3. The van der Waals surface area contributed by atoms with Crippen LogP contribution in [0.25, 0.3) is 72.2 Å². The second-order valence-electron chi connectivity index (χ2n) is 10.3. The minimum atomic E-state index is 0.870. The molecule has 0 bridgehead atoms. The summed E-state index contributed by atoms with van der Waals surface area (Å²) in [6, 6.07) is 53.2. The van der Waals surface area contributed by atoms with Crippen LogP contribution >= 0.6 is 0 Å². The minimum absolute atomic E-state index is 0.870. The maximum Gasteiger partial charge on any atom is 0.165 e. The molecule has 2 aromatic heterocycles. The Morgan fingerprint density at radius 3 is 1.66 bits per heavy atom. The molecule has 0 fully saturated rings. The van der Waals surface area contributed by atoms with Crippen molar-refractivity contribution < 1.29 is 0 Å². The van der Waals surface area contributed by atoms with E-state index in [1.54, 1.807) is 0 Å². The highest BCUT2D eigenvalue weighted by atomic mass is 15.1. The Balaban J connectivity index is 1.27. The summed E-state index contributed by atoms with van der Waals surface area (Å²) < 4.78 is 2.22. The lowest BCUT2D eigenvalue weighted by atomic mass is 9.93. The monoisotopic (exact) mass is 523 g/mol. The first kappa shape index (κ1) is 23.4. The van der Waals surface area contributed by atoms with E-state index in [9.17, 15) is 0 Å². The van der Waals surface area contributed by atoms with Crippen LogP contribution in [0.1, 0.15) is 0 Å². The van der Waals surface area contributed by atoms with Gasteiger partial charge in [0.05, 0.1) is 16.6 Å². The van der Waals surface area contributed by atoms with Crippen LogP contribution in [0.2, 0.25) is 0 Å². The first-order valence-electron chi connectivity index (χ1n) is 13.9. The Kier molecular flexibility index (Phi) is 5.46. The zero-order chi connectivity index (χ0) is 27.2. The first-order chi connectivity index (χ1) is 20.3.